The predicted octanol–water partition coefficient (Wildman–Crippen LogP) is 3.11. The van der Waals surface area contributed by atoms with Gasteiger partial charge in [0.25, 0.3) is 5.91 Å². The summed E-state index contributed by atoms with van der Waals surface area (Å²) in [6, 6.07) is 13.5. The molecule has 0 spiro atoms. The van der Waals surface area contributed by atoms with Crippen molar-refractivity contribution in [1.29, 1.82) is 0 Å². The zero-order valence-corrected chi connectivity index (χ0v) is 13.9. The topological polar surface area (TPSA) is 63.4 Å². The van der Waals surface area contributed by atoms with Crippen molar-refractivity contribution in [3.8, 4) is 0 Å². The summed E-state index contributed by atoms with van der Waals surface area (Å²) in [5.41, 5.74) is 6.02. The van der Waals surface area contributed by atoms with Crippen molar-refractivity contribution in [3.63, 3.8) is 0 Å². The fourth-order valence-corrected chi connectivity index (χ4v) is 2.49. The molecule has 2 aromatic rings. The molecule has 0 heterocycles. The number of amides is 2. The molecule has 2 rings (SSSR count). The average molecular weight is 379 g/mol. The van der Waals surface area contributed by atoms with Crippen LogP contribution in [0.2, 0.25) is 0 Å². The molecule has 6 heteroatoms. The van der Waals surface area contributed by atoms with E-state index in [1.165, 1.54) is 23.1 Å². The molecule has 4 nitrogen and oxygen atoms in total. The first-order chi connectivity index (χ1) is 11.0. The second-order valence-corrected chi connectivity index (χ2v) is 5.97. The number of benzene rings is 2. The fraction of sp³-hybridized carbons (Fsp3) is 0.176. The van der Waals surface area contributed by atoms with Gasteiger partial charge in [0.1, 0.15) is 5.82 Å². The van der Waals surface area contributed by atoms with Gasteiger partial charge in [-0.15, -0.1) is 0 Å². The number of rotatable bonds is 6. The van der Waals surface area contributed by atoms with E-state index < -0.39 is 17.6 Å². The highest BCUT2D eigenvalue weighted by molar-refractivity contribution is 9.10. The molecule has 0 aliphatic heterocycles. The lowest BCUT2D eigenvalue weighted by molar-refractivity contribution is -0.118. The van der Waals surface area contributed by atoms with E-state index in [0.717, 1.165) is 5.56 Å². The normalized spacial score (nSPS) is 10.3. The van der Waals surface area contributed by atoms with Crippen LogP contribution in [0.25, 0.3) is 0 Å². The monoisotopic (exact) mass is 378 g/mol. The van der Waals surface area contributed by atoms with Gasteiger partial charge in [-0.3, -0.25) is 9.59 Å². The average Bonchev–Trinajstić information content (AvgIpc) is 2.54. The van der Waals surface area contributed by atoms with E-state index >= 15 is 0 Å². The first kappa shape index (κ1) is 17.1. The summed E-state index contributed by atoms with van der Waals surface area (Å²) in [7, 11) is 0. The van der Waals surface area contributed by atoms with Gasteiger partial charge in [-0.2, -0.15) is 0 Å². The SMILES string of the molecule is NC(=O)CCN(Cc1ccccc1)C(=O)c1cc(Br)ccc1F. The van der Waals surface area contributed by atoms with Crippen LogP contribution in [0.15, 0.2) is 53.0 Å². The maximum atomic E-state index is 14.0. The molecule has 0 saturated heterocycles. The van der Waals surface area contributed by atoms with Crippen LogP contribution in [0.1, 0.15) is 22.3 Å². The van der Waals surface area contributed by atoms with Crippen LogP contribution in [0.3, 0.4) is 0 Å². The van der Waals surface area contributed by atoms with Crippen molar-refractivity contribution in [2.75, 3.05) is 6.54 Å². The van der Waals surface area contributed by atoms with E-state index in [9.17, 15) is 14.0 Å². The summed E-state index contributed by atoms with van der Waals surface area (Å²) in [5, 5.41) is 0. The lowest BCUT2D eigenvalue weighted by Crippen LogP contribution is -2.34. The summed E-state index contributed by atoms with van der Waals surface area (Å²) < 4.78 is 14.6. The maximum Gasteiger partial charge on any atom is 0.257 e. The molecule has 120 valence electrons. The molecule has 0 bridgehead atoms. The Labute approximate surface area is 142 Å². The predicted molar refractivity (Wildman–Crippen MR) is 89.1 cm³/mol. The standard InChI is InChI=1S/C17H16BrFN2O2/c18-13-6-7-15(19)14(10-13)17(23)21(9-8-16(20)22)11-12-4-2-1-3-5-12/h1-7,10H,8-9,11H2,(H2,20,22). The molecule has 0 saturated carbocycles. The van der Waals surface area contributed by atoms with E-state index in [0.29, 0.717) is 4.47 Å². The first-order valence-corrected chi connectivity index (χ1v) is 7.83. The van der Waals surface area contributed by atoms with E-state index in [1.54, 1.807) is 0 Å². The minimum atomic E-state index is -0.602. The molecule has 0 aliphatic carbocycles. The number of hydrogen-bond acceptors (Lipinski definition) is 2. The van der Waals surface area contributed by atoms with Crippen molar-refractivity contribution >= 4 is 27.7 Å². The van der Waals surface area contributed by atoms with Gasteiger partial charge in [0, 0.05) is 24.0 Å². The van der Waals surface area contributed by atoms with Gasteiger partial charge in [0.2, 0.25) is 5.91 Å². The first-order valence-electron chi connectivity index (χ1n) is 7.04. The number of nitrogens with zero attached hydrogens (tertiary/aromatic N) is 1. The lowest BCUT2D eigenvalue weighted by Gasteiger charge is -2.23. The van der Waals surface area contributed by atoms with Crippen LogP contribution in [-0.4, -0.2) is 23.3 Å². The summed E-state index contributed by atoms with van der Waals surface area (Å²) in [6.07, 6.45) is 0.0220. The number of halogens is 2. The summed E-state index contributed by atoms with van der Waals surface area (Å²) in [4.78, 5) is 25.1. The minimum absolute atomic E-state index is 0.0220. The zero-order chi connectivity index (χ0) is 16.8. The fourth-order valence-electron chi connectivity index (χ4n) is 2.13. The molecule has 0 radical (unpaired) electrons. The van der Waals surface area contributed by atoms with E-state index in [2.05, 4.69) is 15.9 Å². The Balaban J connectivity index is 2.26. The summed E-state index contributed by atoms with van der Waals surface area (Å²) in [5.74, 6) is -1.59. The number of nitrogens with two attached hydrogens (primary N) is 1. The molecule has 2 aromatic carbocycles. The molecule has 0 unspecified atom stereocenters. The number of primary amides is 1. The van der Waals surface area contributed by atoms with E-state index in [1.807, 2.05) is 30.3 Å². The van der Waals surface area contributed by atoms with Gasteiger partial charge in [0.15, 0.2) is 0 Å². The highest BCUT2D eigenvalue weighted by Crippen LogP contribution is 2.18. The van der Waals surface area contributed by atoms with E-state index in [4.69, 9.17) is 5.73 Å². The van der Waals surface area contributed by atoms with Gasteiger partial charge in [-0.05, 0) is 23.8 Å². The molecule has 0 fully saturated rings. The van der Waals surface area contributed by atoms with Crippen LogP contribution >= 0.6 is 15.9 Å². The molecule has 2 amide bonds. The smallest absolute Gasteiger partial charge is 0.257 e. The highest BCUT2D eigenvalue weighted by Gasteiger charge is 2.20. The van der Waals surface area contributed by atoms with Gasteiger partial charge >= 0.3 is 0 Å². The Kier molecular flexibility index (Phi) is 5.87. The lowest BCUT2D eigenvalue weighted by atomic mass is 10.1. The van der Waals surface area contributed by atoms with E-state index in [-0.39, 0.29) is 25.1 Å². The molecular weight excluding hydrogens is 363 g/mol. The molecule has 2 N–H and O–H groups in total. The minimum Gasteiger partial charge on any atom is -0.370 e. The molecule has 0 atom stereocenters. The van der Waals surface area contributed by atoms with Gasteiger partial charge < -0.3 is 10.6 Å². The Bertz CT molecular complexity index is 707. The van der Waals surface area contributed by atoms with Crippen molar-refractivity contribution in [1.82, 2.24) is 4.90 Å². The van der Waals surface area contributed by atoms with Crippen LogP contribution in [0.5, 0.6) is 0 Å². The highest BCUT2D eigenvalue weighted by atomic mass is 79.9. The Morgan fingerprint density at radius 3 is 2.48 bits per heavy atom. The molecular formula is C17H16BrFN2O2. The summed E-state index contributed by atoms with van der Waals surface area (Å²) >= 11 is 3.23. The summed E-state index contributed by atoms with van der Waals surface area (Å²) in [6.45, 7) is 0.411. The number of hydrogen-bond donors (Lipinski definition) is 1. The third-order valence-electron chi connectivity index (χ3n) is 3.29. The third-order valence-corrected chi connectivity index (χ3v) is 3.78. The Hall–Kier alpha value is -2.21. The van der Waals surface area contributed by atoms with Crippen LogP contribution in [-0.2, 0) is 11.3 Å². The molecule has 23 heavy (non-hydrogen) atoms. The quantitative estimate of drug-likeness (QED) is 0.839. The number of carbonyl (C=O) groups excluding carboxylic acids is 2. The second kappa shape index (κ2) is 7.87. The Morgan fingerprint density at radius 2 is 1.83 bits per heavy atom. The number of carbonyl (C=O) groups is 2. The third kappa shape index (κ3) is 4.89. The van der Waals surface area contributed by atoms with Gasteiger partial charge in [-0.25, -0.2) is 4.39 Å². The Morgan fingerprint density at radius 1 is 1.13 bits per heavy atom. The van der Waals surface area contributed by atoms with Crippen molar-refractivity contribution in [2.45, 2.75) is 13.0 Å². The van der Waals surface area contributed by atoms with Crippen LogP contribution in [0, 0.1) is 5.82 Å². The molecule has 0 aliphatic rings. The largest absolute Gasteiger partial charge is 0.370 e. The van der Waals surface area contributed by atoms with Crippen molar-refractivity contribution in [2.24, 2.45) is 5.73 Å². The van der Waals surface area contributed by atoms with Crippen LogP contribution < -0.4 is 5.73 Å². The van der Waals surface area contributed by atoms with Crippen molar-refractivity contribution < 1.29 is 14.0 Å². The maximum absolute atomic E-state index is 14.0. The van der Waals surface area contributed by atoms with Crippen molar-refractivity contribution in [3.05, 3.63) is 69.9 Å². The van der Waals surface area contributed by atoms with Crippen LogP contribution in [0.4, 0.5) is 4.39 Å². The van der Waals surface area contributed by atoms with Gasteiger partial charge in [-0.1, -0.05) is 46.3 Å². The zero-order valence-electron chi connectivity index (χ0n) is 12.3. The molecule has 0 aromatic heterocycles. The second-order valence-electron chi connectivity index (χ2n) is 5.05. The van der Waals surface area contributed by atoms with Gasteiger partial charge in [0.05, 0.1) is 5.56 Å².